The number of aromatic amines is 1. The summed E-state index contributed by atoms with van der Waals surface area (Å²) in [6.45, 7) is 0.460. The molecule has 0 aliphatic carbocycles. The average Bonchev–Trinajstić information content (AvgIpc) is 3.17. The van der Waals surface area contributed by atoms with E-state index in [0.29, 0.717) is 6.54 Å². The Kier molecular flexibility index (Phi) is 4.00. The first-order valence-electron chi connectivity index (χ1n) is 7.04. The third-order valence-electron chi connectivity index (χ3n) is 3.69. The van der Waals surface area contributed by atoms with Crippen LogP contribution in [0.5, 0.6) is 0 Å². The van der Waals surface area contributed by atoms with Crippen LogP contribution >= 0.6 is 0 Å². The highest BCUT2D eigenvalue weighted by atomic mass is 16.2. The van der Waals surface area contributed by atoms with Crippen LogP contribution in [0.25, 0.3) is 0 Å². The SMILES string of the molecule is O=C1NCC(c2ccccc2)C1C(=O)N/N=C/c1ccc[nH]1. The van der Waals surface area contributed by atoms with Crippen molar-refractivity contribution in [3.63, 3.8) is 0 Å². The second kappa shape index (κ2) is 6.26. The fourth-order valence-electron chi connectivity index (χ4n) is 2.59. The highest BCUT2D eigenvalue weighted by molar-refractivity contribution is 6.03. The van der Waals surface area contributed by atoms with Crippen molar-refractivity contribution in [3.8, 4) is 0 Å². The van der Waals surface area contributed by atoms with E-state index in [1.165, 1.54) is 6.21 Å². The third-order valence-corrected chi connectivity index (χ3v) is 3.69. The maximum Gasteiger partial charge on any atom is 0.253 e. The molecule has 0 spiro atoms. The molecule has 1 aromatic carbocycles. The van der Waals surface area contributed by atoms with Gasteiger partial charge in [0.2, 0.25) is 5.91 Å². The zero-order chi connectivity index (χ0) is 15.4. The molecule has 22 heavy (non-hydrogen) atoms. The van der Waals surface area contributed by atoms with Crippen LogP contribution in [-0.4, -0.2) is 29.6 Å². The minimum Gasteiger partial charge on any atom is -0.360 e. The topological polar surface area (TPSA) is 86.3 Å². The van der Waals surface area contributed by atoms with Crippen LogP contribution in [-0.2, 0) is 9.59 Å². The third kappa shape index (κ3) is 2.90. The van der Waals surface area contributed by atoms with Crippen molar-refractivity contribution in [2.45, 2.75) is 5.92 Å². The van der Waals surface area contributed by atoms with E-state index in [9.17, 15) is 9.59 Å². The van der Waals surface area contributed by atoms with Crippen molar-refractivity contribution in [2.75, 3.05) is 6.54 Å². The molecular formula is C16H16N4O2. The molecular weight excluding hydrogens is 280 g/mol. The van der Waals surface area contributed by atoms with E-state index in [0.717, 1.165) is 11.3 Å². The average molecular weight is 296 g/mol. The number of nitrogens with zero attached hydrogens (tertiary/aromatic N) is 1. The molecule has 1 fully saturated rings. The lowest BCUT2D eigenvalue weighted by atomic mass is 9.88. The summed E-state index contributed by atoms with van der Waals surface area (Å²) in [6, 6.07) is 13.2. The molecule has 0 bridgehead atoms. The van der Waals surface area contributed by atoms with Crippen LogP contribution in [0.1, 0.15) is 17.2 Å². The summed E-state index contributed by atoms with van der Waals surface area (Å²) in [6.07, 6.45) is 3.27. The summed E-state index contributed by atoms with van der Waals surface area (Å²) >= 11 is 0. The fourth-order valence-corrected chi connectivity index (χ4v) is 2.59. The summed E-state index contributed by atoms with van der Waals surface area (Å²) in [5.41, 5.74) is 4.18. The summed E-state index contributed by atoms with van der Waals surface area (Å²) in [5.74, 6) is -1.59. The Morgan fingerprint density at radius 2 is 2.05 bits per heavy atom. The Morgan fingerprint density at radius 1 is 1.23 bits per heavy atom. The van der Waals surface area contributed by atoms with Crippen LogP contribution in [0.4, 0.5) is 0 Å². The molecule has 3 N–H and O–H groups in total. The molecule has 0 saturated carbocycles. The second-order valence-corrected chi connectivity index (χ2v) is 5.10. The lowest BCUT2D eigenvalue weighted by molar-refractivity contribution is -0.133. The fraction of sp³-hybridized carbons (Fsp3) is 0.188. The van der Waals surface area contributed by atoms with Crippen LogP contribution in [0.2, 0.25) is 0 Å². The molecule has 1 saturated heterocycles. The Bertz CT molecular complexity index is 679. The van der Waals surface area contributed by atoms with Crippen molar-refractivity contribution < 1.29 is 9.59 Å². The van der Waals surface area contributed by atoms with E-state index < -0.39 is 11.8 Å². The molecule has 0 radical (unpaired) electrons. The molecule has 1 aromatic heterocycles. The molecule has 3 rings (SSSR count). The maximum atomic E-state index is 12.3. The summed E-state index contributed by atoms with van der Waals surface area (Å²) in [4.78, 5) is 27.2. The van der Waals surface area contributed by atoms with Crippen LogP contribution in [0, 0.1) is 5.92 Å². The lowest BCUT2D eigenvalue weighted by Gasteiger charge is -2.15. The Morgan fingerprint density at radius 3 is 2.77 bits per heavy atom. The van der Waals surface area contributed by atoms with Crippen molar-refractivity contribution in [1.29, 1.82) is 0 Å². The largest absolute Gasteiger partial charge is 0.360 e. The van der Waals surface area contributed by atoms with Gasteiger partial charge in [0.1, 0.15) is 5.92 Å². The number of hydrazone groups is 1. The van der Waals surface area contributed by atoms with E-state index in [1.54, 1.807) is 6.20 Å². The Balaban J connectivity index is 1.70. The van der Waals surface area contributed by atoms with Gasteiger partial charge in [-0.05, 0) is 17.7 Å². The van der Waals surface area contributed by atoms with E-state index in [2.05, 4.69) is 20.8 Å². The van der Waals surface area contributed by atoms with Crippen molar-refractivity contribution in [3.05, 3.63) is 59.9 Å². The van der Waals surface area contributed by atoms with Gasteiger partial charge in [-0.15, -0.1) is 0 Å². The molecule has 2 atom stereocenters. The van der Waals surface area contributed by atoms with Gasteiger partial charge in [-0.1, -0.05) is 30.3 Å². The molecule has 1 aliphatic rings. The normalized spacial score (nSPS) is 21.0. The molecule has 2 aromatic rings. The lowest BCUT2D eigenvalue weighted by Crippen LogP contribution is -2.34. The quantitative estimate of drug-likeness (QED) is 0.446. The zero-order valence-electron chi connectivity index (χ0n) is 11.8. The van der Waals surface area contributed by atoms with Crippen molar-refractivity contribution in [1.82, 2.24) is 15.7 Å². The minimum absolute atomic E-state index is 0.172. The predicted molar refractivity (Wildman–Crippen MR) is 82.2 cm³/mol. The summed E-state index contributed by atoms with van der Waals surface area (Å²) in [7, 11) is 0. The standard InChI is InChI=1S/C16H16N4O2/c21-15-14(13(10-18-15)11-5-2-1-3-6-11)16(22)20-19-9-12-7-4-8-17-12/h1-9,13-14,17H,10H2,(H,18,21)(H,20,22)/b19-9+. The number of amides is 2. The molecule has 2 unspecified atom stereocenters. The first-order valence-corrected chi connectivity index (χ1v) is 7.04. The van der Waals surface area contributed by atoms with Crippen LogP contribution < -0.4 is 10.7 Å². The minimum atomic E-state index is -0.761. The molecule has 1 aliphatic heterocycles. The first-order chi connectivity index (χ1) is 10.8. The van der Waals surface area contributed by atoms with Crippen molar-refractivity contribution >= 4 is 18.0 Å². The number of nitrogens with one attached hydrogen (secondary N) is 3. The zero-order valence-corrected chi connectivity index (χ0v) is 11.8. The molecule has 6 nitrogen and oxygen atoms in total. The highest BCUT2D eigenvalue weighted by Crippen LogP contribution is 2.28. The van der Waals surface area contributed by atoms with E-state index in [-0.39, 0.29) is 11.8 Å². The van der Waals surface area contributed by atoms with E-state index in [1.807, 2.05) is 42.5 Å². The van der Waals surface area contributed by atoms with Gasteiger partial charge in [0, 0.05) is 18.7 Å². The number of hydrogen-bond acceptors (Lipinski definition) is 3. The van der Waals surface area contributed by atoms with Gasteiger partial charge in [-0.2, -0.15) is 5.10 Å². The van der Waals surface area contributed by atoms with Crippen molar-refractivity contribution in [2.24, 2.45) is 11.0 Å². The van der Waals surface area contributed by atoms with Gasteiger partial charge < -0.3 is 10.3 Å². The first kappa shape index (κ1) is 14.1. The van der Waals surface area contributed by atoms with E-state index >= 15 is 0 Å². The molecule has 112 valence electrons. The number of rotatable bonds is 4. The van der Waals surface area contributed by atoms with Crippen LogP contribution in [0.3, 0.4) is 0 Å². The molecule has 6 heteroatoms. The molecule has 2 heterocycles. The summed E-state index contributed by atoms with van der Waals surface area (Å²) in [5, 5.41) is 6.63. The Labute approximate surface area is 127 Å². The second-order valence-electron chi connectivity index (χ2n) is 5.10. The van der Waals surface area contributed by atoms with Gasteiger partial charge in [0.25, 0.3) is 5.91 Å². The highest BCUT2D eigenvalue weighted by Gasteiger charge is 2.40. The molecule has 2 amide bonds. The number of carbonyl (C=O) groups excluding carboxylic acids is 2. The van der Waals surface area contributed by atoms with Gasteiger partial charge in [-0.25, -0.2) is 5.43 Å². The monoisotopic (exact) mass is 296 g/mol. The maximum absolute atomic E-state index is 12.3. The van der Waals surface area contributed by atoms with E-state index in [4.69, 9.17) is 0 Å². The number of benzene rings is 1. The van der Waals surface area contributed by atoms with Gasteiger partial charge >= 0.3 is 0 Å². The van der Waals surface area contributed by atoms with Gasteiger partial charge in [-0.3, -0.25) is 9.59 Å². The summed E-state index contributed by atoms with van der Waals surface area (Å²) < 4.78 is 0. The number of hydrogen-bond donors (Lipinski definition) is 3. The smallest absolute Gasteiger partial charge is 0.253 e. The number of H-pyrrole nitrogens is 1. The van der Waals surface area contributed by atoms with Gasteiger partial charge in [0.15, 0.2) is 0 Å². The predicted octanol–water partition coefficient (Wildman–Crippen LogP) is 0.995. The van der Waals surface area contributed by atoms with Crippen LogP contribution in [0.15, 0.2) is 53.8 Å². The number of aromatic nitrogens is 1. The van der Waals surface area contributed by atoms with Gasteiger partial charge in [0.05, 0.1) is 11.9 Å². The number of carbonyl (C=O) groups is 2. The Hall–Kier alpha value is -2.89.